The van der Waals surface area contributed by atoms with E-state index in [4.69, 9.17) is 10.5 Å². The molecular formula is C13H17N3O3. The van der Waals surface area contributed by atoms with Crippen LogP contribution >= 0.6 is 0 Å². The number of carbonyl (C=O) groups excluding carboxylic acids is 2. The van der Waals surface area contributed by atoms with Crippen LogP contribution in [0, 0.1) is 0 Å². The fourth-order valence-electron chi connectivity index (χ4n) is 2.09. The van der Waals surface area contributed by atoms with Crippen LogP contribution in [0.2, 0.25) is 0 Å². The zero-order valence-electron chi connectivity index (χ0n) is 10.7. The highest BCUT2D eigenvalue weighted by Gasteiger charge is 2.23. The molecule has 1 aromatic carbocycles. The van der Waals surface area contributed by atoms with E-state index in [-0.39, 0.29) is 11.9 Å². The maximum atomic E-state index is 12.0. The molecule has 1 atom stereocenters. The van der Waals surface area contributed by atoms with Crippen molar-refractivity contribution in [1.29, 1.82) is 0 Å². The lowest BCUT2D eigenvalue weighted by molar-refractivity contribution is -0.117. The monoisotopic (exact) mass is 263 g/mol. The van der Waals surface area contributed by atoms with Crippen molar-refractivity contribution < 1.29 is 14.3 Å². The van der Waals surface area contributed by atoms with E-state index >= 15 is 0 Å². The predicted molar refractivity (Wildman–Crippen MR) is 71.2 cm³/mol. The maximum Gasteiger partial charge on any atom is 0.248 e. The number of anilines is 1. The van der Waals surface area contributed by atoms with Gasteiger partial charge in [-0.3, -0.25) is 9.59 Å². The maximum absolute atomic E-state index is 12.0. The van der Waals surface area contributed by atoms with Crippen molar-refractivity contribution in [3.05, 3.63) is 23.8 Å². The van der Waals surface area contributed by atoms with Gasteiger partial charge >= 0.3 is 0 Å². The summed E-state index contributed by atoms with van der Waals surface area (Å²) in [7, 11) is 1.50. The Kier molecular flexibility index (Phi) is 4.01. The van der Waals surface area contributed by atoms with Gasteiger partial charge in [0.05, 0.1) is 18.8 Å². The Hall–Kier alpha value is -2.08. The predicted octanol–water partition coefficient (Wildman–Crippen LogP) is 0.485. The highest BCUT2D eigenvalue weighted by molar-refractivity contribution is 5.99. The summed E-state index contributed by atoms with van der Waals surface area (Å²) >= 11 is 0. The average Bonchev–Trinajstić information content (AvgIpc) is 2.92. The molecule has 102 valence electrons. The van der Waals surface area contributed by atoms with Crippen LogP contribution in [0.5, 0.6) is 5.75 Å². The van der Waals surface area contributed by atoms with E-state index < -0.39 is 5.91 Å². The minimum atomic E-state index is -0.544. The zero-order chi connectivity index (χ0) is 13.8. The number of nitrogens with two attached hydrogens (primary N) is 1. The van der Waals surface area contributed by atoms with Gasteiger partial charge in [0.15, 0.2) is 0 Å². The van der Waals surface area contributed by atoms with E-state index in [1.54, 1.807) is 12.1 Å². The molecule has 1 fully saturated rings. The first-order chi connectivity index (χ1) is 9.11. The summed E-state index contributed by atoms with van der Waals surface area (Å²) < 4.78 is 5.16. The minimum Gasteiger partial charge on any atom is -0.495 e. The Bertz CT molecular complexity index is 496. The number of methoxy groups -OCH3 is 1. The Morgan fingerprint density at radius 1 is 1.47 bits per heavy atom. The fourth-order valence-corrected chi connectivity index (χ4v) is 2.09. The molecule has 0 aliphatic carbocycles. The fraction of sp³-hybridized carbons (Fsp3) is 0.385. The number of amides is 2. The molecule has 0 spiro atoms. The number of carbonyl (C=O) groups is 2. The van der Waals surface area contributed by atoms with Gasteiger partial charge in [0.2, 0.25) is 11.8 Å². The van der Waals surface area contributed by atoms with Crippen LogP contribution < -0.4 is 21.1 Å². The third kappa shape index (κ3) is 3.03. The summed E-state index contributed by atoms with van der Waals surface area (Å²) in [5, 5.41) is 5.87. The SMILES string of the molecule is COc1ccc(C(N)=O)cc1NC(=O)[C@H]1CCCN1. The van der Waals surface area contributed by atoms with Crippen molar-refractivity contribution >= 4 is 17.5 Å². The second-order valence-corrected chi connectivity index (χ2v) is 4.42. The molecular weight excluding hydrogens is 246 g/mol. The first-order valence-electron chi connectivity index (χ1n) is 6.14. The molecule has 6 nitrogen and oxygen atoms in total. The van der Waals surface area contributed by atoms with Crippen molar-refractivity contribution in [2.24, 2.45) is 5.73 Å². The summed E-state index contributed by atoms with van der Waals surface area (Å²) in [6, 6.07) is 4.50. The van der Waals surface area contributed by atoms with Crippen LogP contribution in [0.1, 0.15) is 23.2 Å². The molecule has 1 aliphatic rings. The molecule has 2 rings (SSSR count). The summed E-state index contributed by atoms with van der Waals surface area (Å²) in [6.45, 7) is 0.844. The highest BCUT2D eigenvalue weighted by atomic mass is 16.5. The number of benzene rings is 1. The molecule has 0 radical (unpaired) electrons. The van der Waals surface area contributed by atoms with Crippen LogP contribution in [0.15, 0.2) is 18.2 Å². The zero-order valence-corrected chi connectivity index (χ0v) is 10.7. The second-order valence-electron chi connectivity index (χ2n) is 4.42. The van der Waals surface area contributed by atoms with Gasteiger partial charge in [-0.15, -0.1) is 0 Å². The van der Waals surface area contributed by atoms with Gasteiger partial charge in [0, 0.05) is 5.56 Å². The third-order valence-corrected chi connectivity index (χ3v) is 3.12. The first-order valence-corrected chi connectivity index (χ1v) is 6.14. The van der Waals surface area contributed by atoms with Gasteiger partial charge < -0.3 is 21.1 Å². The smallest absolute Gasteiger partial charge is 0.248 e. The lowest BCUT2D eigenvalue weighted by atomic mass is 10.1. The van der Waals surface area contributed by atoms with E-state index in [1.807, 2.05) is 0 Å². The van der Waals surface area contributed by atoms with Crippen molar-refractivity contribution in [2.75, 3.05) is 19.0 Å². The van der Waals surface area contributed by atoms with Crippen LogP contribution in [-0.2, 0) is 4.79 Å². The minimum absolute atomic E-state index is 0.127. The highest BCUT2D eigenvalue weighted by Crippen LogP contribution is 2.26. The van der Waals surface area contributed by atoms with E-state index in [0.717, 1.165) is 19.4 Å². The number of hydrogen-bond acceptors (Lipinski definition) is 4. The van der Waals surface area contributed by atoms with E-state index in [0.29, 0.717) is 17.0 Å². The van der Waals surface area contributed by atoms with Gasteiger partial charge in [-0.05, 0) is 37.6 Å². The molecule has 4 N–H and O–H groups in total. The molecule has 0 saturated carbocycles. The van der Waals surface area contributed by atoms with Crippen LogP contribution in [-0.4, -0.2) is 31.5 Å². The van der Waals surface area contributed by atoms with Gasteiger partial charge in [0.1, 0.15) is 5.75 Å². The lowest BCUT2D eigenvalue weighted by Gasteiger charge is -2.14. The van der Waals surface area contributed by atoms with Crippen LogP contribution in [0.25, 0.3) is 0 Å². The summed E-state index contributed by atoms with van der Waals surface area (Å²) in [6.07, 6.45) is 1.79. The van der Waals surface area contributed by atoms with Gasteiger partial charge in [-0.2, -0.15) is 0 Å². The molecule has 6 heteroatoms. The van der Waals surface area contributed by atoms with Crippen LogP contribution in [0.3, 0.4) is 0 Å². The number of hydrogen-bond donors (Lipinski definition) is 3. The Morgan fingerprint density at radius 2 is 2.26 bits per heavy atom. The molecule has 1 heterocycles. The average molecular weight is 263 g/mol. The van der Waals surface area contributed by atoms with Crippen molar-refractivity contribution in [2.45, 2.75) is 18.9 Å². The quantitative estimate of drug-likeness (QED) is 0.736. The van der Waals surface area contributed by atoms with E-state index in [2.05, 4.69) is 10.6 Å². The Balaban J connectivity index is 2.19. The van der Waals surface area contributed by atoms with Crippen molar-refractivity contribution in [3.8, 4) is 5.75 Å². The summed E-state index contributed by atoms with van der Waals surface area (Å²) in [4.78, 5) is 23.2. The second kappa shape index (κ2) is 5.71. The largest absolute Gasteiger partial charge is 0.495 e. The topological polar surface area (TPSA) is 93.4 Å². The van der Waals surface area contributed by atoms with Crippen LogP contribution in [0.4, 0.5) is 5.69 Å². The first kappa shape index (κ1) is 13.4. The van der Waals surface area contributed by atoms with Gasteiger partial charge in [-0.25, -0.2) is 0 Å². The van der Waals surface area contributed by atoms with Gasteiger partial charge in [0.25, 0.3) is 0 Å². The molecule has 1 aromatic rings. The number of ether oxygens (including phenoxy) is 1. The summed E-state index contributed by atoms with van der Waals surface area (Å²) in [5.74, 6) is -0.175. The third-order valence-electron chi connectivity index (χ3n) is 3.12. The Morgan fingerprint density at radius 3 is 2.84 bits per heavy atom. The standard InChI is InChI=1S/C13H17N3O3/c1-19-11-5-4-8(12(14)17)7-10(11)16-13(18)9-3-2-6-15-9/h4-5,7,9,15H,2-3,6H2,1H3,(H2,14,17)(H,16,18)/t9-/m1/s1. The molecule has 1 saturated heterocycles. The normalized spacial score (nSPS) is 18.1. The molecule has 1 aliphatic heterocycles. The van der Waals surface area contributed by atoms with E-state index in [1.165, 1.54) is 13.2 Å². The van der Waals surface area contributed by atoms with Crippen molar-refractivity contribution in [1.82, 2.24) is 5.32 Å². The molecule has 19 heavy (non-hydrogen) atoms. The van der Waals surface area contributed by atoms with Crippen molar-refractivity contribution in [3.63, 3.8) is 0 Å². The lowest BCUT2D eigenvalue weighted by Crippen LogP contribution is -2.35. The molecule has 0 aromatic heterocycles. The Labute approximate surface area is 111 Å². The number of nitrogens with one attached hydrogen (secondary N) is 2. The summed E-state index contributed by atoms with van der Waals surface area (Å²) in [5.41, 5.74) is 6.01. The molecule has 2 amide bonds. The molecule has 0 bridgehead atoms. The van der Waals surface area contributed by atoms with Gasteiger partial charge in [-0.1, -0.05) is 0 Å². The number of rotatable bonds is 4. The van der Waals surface area contributed by atoms with E-state index in [9.17, 15) is 9.59 Å². The number of primary amides is 1. The molecule has 0 unspecified atom stereocenters.